The number of fused-ring (bicyclic) bond motifs is 3. The van der Waals surface area contributed by atoms with Crippen molar-refractivity contribution in [1.82, 2.24) is 5.32 Å². The van der Waals surface area contributed by atoms with Gasteiger partial charge in [-0.25, -0.2) is 4.79 Å². The van der Waals surface area contributed by atoms with Gasteiger partial charge in [-0.3, -0.25) is 4.79 Å². The van der Waals surface area contributed by atoms with Crippen LogP contribution in [-0.2, 0) is 17.6 Å². The van der Waals surface area contributed by atoms with Gasteiger partial charge in [0.2, 0.25) is 26.3 Å². The number of carboxylic acid groups (broad SMARTS) is 1. The zero-order chi connectivity index (χ0) is 24.9. The zero-order valence-corrected chi connectivity index (χ0v) is 19.2. The molecule has 3 aliphatic rings. The zero-order valence-electron chi connectivity index (χ0n) is 19.2. The topological polar surface area (TPSA) is 122 Å². The summed E-state index contributed by atoms with van der Waals surface area (Å²) in [5.74, 6) is 3.06. The monoisotopic (exact) mass is 493 g/mol. The van der Waals surface area contributed by atoms with E-state index in [1.165, 1.54) is 12.1 Å². The van der Waals surface area contributed by atoms with Crippen LogP contribution in [-0.4, -0.2) is 43.9 Å². The van der Waals surface area contributed by atoms with Crippen LogP contribution in [0, 0.1) is 0 Å². The number of ether oxygens (including phenoxy) is 6. The number of rotatable bonds is 6. The van der Waals surface area contributed by atoms with Crippen molar-refractivity contribution in [3.63, 3.8) is 0 Å². The van der Waals surface area contributed by atoms with E-state index in [2.05, 4.69) is 5.32 Å². The lowest BCUT2D eigenvalue weighted by molar-refractivity contribution is -0.120. The lowest BCUT2D eigenvalue weighted by atomic mass is 10.1. The van der Waals surface area contributed by atoms with Gasteiger partial charge in [-0.15, -0.1) is 0 Å². The van der Waals surface area contributed by atoms with Crippen LogP contribution in [0.15, 0.2) is 54.6 Å². The van der Waals surface area contributed by atoms with Crippen molar-refractivity contribution in [2.24, 2.45) is 0 Å². The van der Waals surface area contributed by atoms with Crippen LogP contribution in [0.25, 0.3) is 0 Å². The second kappa shape index (κ2) is 10.3. The highest BCUT2D eigenvalue weighted by Crippen LogP contribution is 2.34. The third-order valence-electron chi connectivity index (χ3n) is 5.59. The van der Waals surface area contributed by atoms with Gasteiger partial charge in [-0.2, -0.15) is 0 Å². The molecule has 0 unspecified atom stereocenters. The van der Waals surface area contributed by atoms with Crippen molar-refractivity contribution in [2.45, 2.75) is 12.8 Å². The van der Waals surface area contributed by atoms with E-state index in [0.717, 1.165) is 34.8 Å². The third kappa shape index (κ3) is 5.38. The van der Waals surface area contributed by atoms with Gasteiger partial charge in [0.25, 0.3) is 0 Å². The van der Waals surface area contributed by atoms with Gasteiger partial charge in [-0.05, 0) is 60.0 Å². The Morgan fingerprint density at radius 1 is 0.667 bits per heavy atom. The molecule has 0 aromatic heterocycles. The van der Waals surface area contributed by atoms with Gasteiger partial charge in [0.05, 0.1) is 12.0 Å². The number of amides is 1. The summed E-state index contributed by atoms with van der Waals surface area (Å²) in [5, 5.41) is 11.6. The molecule has 186 valence electrons. The Balaban J connectivity index is 0.000000186. The largest absolute Gasteiger partial charge is 0.478 e. The number of benzene rings is 3. The molecule has 0 saturated heterocycles. The van der Waals surface area contributed by atoms with E-state index in [4.69, 9.17) is 33.5 Å². The Morgan fingerprint density at radius 2 is 1.17 bits per heavy atom. The summed E-state index contributed by atoms with van der Waals surface area (Å²) in [6, 6.07) is 15.9. The maximum atomic E-state index is 12.1. The van der Waals surface area contributed by atoms with E-state index < -0.39 is 5.97 Å². The lowest BCUT2D eigenvalue weighted by Gasteiger charge is -2.07. The molecule has 0 bridgehead atoms. The van der Waals surface area contributed by atoms with Gasteiger partial charge >= 0.3 is 5.97 Å². The van der Waals surface area contributed by atoms with Crippen LogP contribution < -0.4 is 33.7 Å². The van der Waals surface area contributed by atoms with E-state index in [9.17, 15) is 9.59 Å². The van der Waals surface area contributed by atoms with E-state index in [1.807, 2.05) is 36.4 Å². The molecule has 10 heteroatoms. The van der Waals surface area contributed by atoms with Crippen molar-refractivity contribution in [2.75, 3.05) is 26.9 Å². The Morgan fingerprint density at radius 3 is 1.78 bits per heavy atom. The van der Waals surface area contributed by atoms with Gasteiger partial charge < -0.3 is 38.8 Å². The van der Waals surface area contributed by atoms with Crippen LogP contribution in [0.2, 0.25) is 0 Å². The summed E-state index contributed by atoms with van der Waals surface area (Å²) in [6.07, 6.45) is 1.06. The summed E-state index contributed by atoms with van der Waals surface area (Å²) < 4.78 is 31.2. The molecule has 0 fully saturated rings. The molecule has 6 rings (SSSR count). The molecule has 3 heterocycles. The second-order valence-corrected chi connectivity index (χ2v) is 8.03. The average Bonchev–Trinajstić information content (AvgIpc) is 3.63. The van der Waals surface area contributed by atoms with Crippen LogP contribution in [0.1, 0.15) is 21.5 Å². The number of aromatic carboxylic acids is 1. The maximum Gasteiger partial charge on any atom is 0.335 e. The molecule has 0 saturated carbocycles. The fourth-order valence-electron chi connectivity index (χ4n) is 3.77. The van der Waals surface area contributed by atoms with Crippen LogP contribution in [0.3, 0.4) is 0 Å². The SMILES string of the molecule is O=C(Cc1ccc2c(c1)OCO2)NCCc1ccc2c(c1)OCO2.O=C(O)c1ccc2c(c1)OCO2. The number of carbonyl (C=O) groups excluding carboxylic acids is 1. The van der Waals surface area contributed by atoms with E-state index >= 15 is 0 Å². The normalized spacial score (nSPS) is 13.6. The van der Waals surface area contributed by atoms with Crippen molar-refractivity contribution in [3.8, 4) is 34.5 Å². The van der Waals surface area contributed by atoms with E-state index in [0.29, 0.717) is 30.2 Å². The number of carbonyl (C=O) groups is 2. The molecule has 3 aromatic rings. The van der Waals surface area contributed by atoms with E-state index in [-0.39, 0.29) is 31.8 Å². The molecule has 0 spiro atoms. The van der Waals surface area contributed by atoms with Crippen molar-refractivity contribution in [1.29, 1.82) is 0 Å². The van der Waals surface area contributed by atoms with Crippen LogP contribution >= 0.6 is 0 Å². The first kappa shape index (κ1) is 23.2. The van der Waals surface area contributed by atoms with Crippen LogP contribution in [0.4, 0.5) is 0 Å². The standard InChI is InChI=1S/C18H17NO5.C8H6O4/c20-18(9-13-2-4-15-17(8-13)24-11-22-15)19-6-5-12-1-3-14-16(7-12)23-10-21-14;9-8(10)5-1-2-6-7(3-5)12-4-11-6/h1-4,7-8H,5-6,9-11H2,(H,19,20);1-3H,4H2,(H,9,10). The number of nitrogens with one attached hydrogen (secondary N) is 1. The van der Waals surface area contributed by atoms with E-state index in [1.54, 1.807) is 6.07 Å². The fraction of sp³-hybridized carbons (Fsp3) is 0.231. The summed E-state index contributed by atoms with van der Waals surface area (Å²) in [7, 11) is 0. The highest BCUT2D eigenvalue weighted by Gasteiger charge is 2.16. The van der Waals surface area contributed by atoms with Gasteiger partial charge in [0.15, 0.2) is 34.5 Å². The Hall–Kier alpha value is -4.60. The third-order valence-corrected chi connectivity index (χ3v) is 5.59. The maximum absolute atomic E-state index is 12.1. The first-order chi connectivity index (χ1) is 17.5. The molecular formula is C26H23NO9. The minimum Gasteiger partial charge on any atom is -0.478 e. The summed E-state index contributed by atoms with van der Waals surface area (Å²) in [6.45, 7) is 1.24. The number of hydrogen-bond acceptors (Lipinski definition) is 8. The Kier molecular flexibility index (Phi) is 6.65. The predicted octanol–water partition coefficient (Wildman–Crippen LogP) is 3.16. The van der Waals surface area contributed by atoms with Crippen LogP contribution in [0.5, 0.6) is 34.5 Å². The molecule has 2 N–H and O–H groups in total. The highest BCUT2D eigenvalue weighted by atomic mass is 16.7. The number of hydrogen-bond donors (Lipinski definition) is 2. The Labute approximate surface area is 206 Å². The quantitative estimate of drug-likeness (QED) is 0.533. The van der Waals surface area contributed by atoms with Crippen molar-refractivity contribution < 1.29 is 43.1 Å². The second-order valence-electron chi connectivity index (χ2n) is 8.03. The van der Waals surface area contributed by atoms with Gasteiger partial charge in [0.1, 0.15) is 0 Å². The minimum atomic E-state index is -0.965. The first-order valence-electron chi connectivity index (χ1n) is 11.2. The molecular weight excluding hydrogens is 470 g/mol. The summed E-state index contributed by atoms with van der Waals surface area (Å²) in [4.78, 5) is 22.6. The molecule has 0 atom stereocenters. The predicted molar refractivity (Wildman–Crippen MR) is 125 cm³/mol. The molecule has 36 heavy (non-hydrogen) atoms. The highest BCUT2D eigenvalue weighted by molar-refractivity contribution is 5.88. The molecule has 0 radical (unpaired) electrons. The Bertz CT molecular complexity index is 1290. The number of carboxylic acids is 1. The smallest absolute Gasteiger partial charge is 0.335 e. The fourth-order valence-corrected chi connectivity index (χ4v) is 3.77. The molecule has 0 aliphatic carbocycles. The minimum absolute atomic E-state index is 0.0189. The average molecular weight is 493 g/mol. The molecule has 3 aromatic carbocycles. The first-order valence-corrected chi connectivity index (χ1v) is 11.2. The molecule has 1 amide bonds. The summed E-state index contributed by atoms with van der Waals surface area (Å²) in [5.41, 5.74) is 2.21. The van der Waals surface area contributed by atoms with Crippen molar-refractivity contribution in [3.05, 3.63) is 71.3 Å². The van der Waals surface area contributed by atoms with Gasteiger partial charge in [0, 0.05) is 6.54 Å². The molecule has 10 nitrogen and oxygen atoms in total. The van der Waals surface area contributed by atoms with Gasteiger partial charge in [-0.1, -0.05) is 12.1 Å². The molecule has 3 aliphatic heterocycles. The lowest BCUT2D eigenvalue weighted by Crippen LogP contribution is -2.27. The summed E-state index contributed by atoms with van der Waals surface area (Å²) >= 11 is 0. The van der Waals surface area contributed by atoms with Crippen molar-refractivity contribution >= 4 is 11.9 Å².